The predicted molar refractivity (Wildman–Crippen MR) is 101 cm³/mol. The topological polar surface area (TPSA) is 64.0 Å². The molecule has 3 atom stereocenters. The average Bonchev–Trinajstić information content (AvgIpc) is 2.97. The number of nitrogens with zero attached hydrogens (tertiary/aromatic N) is 2. The quantitative estimate of drug-likeness (QED) is 0.841. The van der Waals surface area contributed by atoms with E-state index in [1.165, 1.54) is 17.0 Å². The number of likely N-dealkylation sites (tertiary alicyclic amines) is 1. The Balaban J connectivity index is 1.74. The van der Waals surface area contributed by atoms with Crippen molar-refractivity contribution in [2.24, 2.45) is 0 Å². The summed E-state index contributed by atoms with van der Waals surface area (Å²) in [6, 6.07) is 13.1. The first-order valence-electron chi connectivity index (χ1n) is 8.99. The number of carbonyl (C=O) groups is 1. The molecule has 2 N–H and O–H groups in total. The van der Waals surface area contributed by atoms with Gasteiger partial charge in [0.1, 0.15) is 5.82 Å². The highest BCUT2D eigenvalue weighted by atomic mass is 19.1. The molecule has 6 heteroatoms. The number of halogens is 1. The molecular formula is C21H25FN2O3. The monoisotopic (exact) mass is 372 g/mol. The molecule has 0 aliphatic carbocycles. The number of aliphatic hydroxyl groups excluding tert-OH is 2. The van der Waals surface area contributed by atoms with Crippen molar-refractivity contribution in [2.75, 3.05) is 27.2 Å². The predicted octanol–water partition coefficient (Wildman–Crippen LogP) is 1.85. The van der Waals surface area contributed by atoms with E-state index in [-0.39, 0.29) is 30.3 Å². The molecule has 1 fully saturated rings. The van der Waals surface area contributed by atoms with Gasteiger partial charge >= 0.3 is 0 Å². The SMILES string of the molecule is CN(C)C(=O)c1ccc(CN2C[C@H](c3ccc(F)cc3)[C@@H](O)[C@H]2CO)cc1. The van der Waals surface area contributed by atoms with Crippen LogP contribution in [-0.4, -0.2) is 65.3 Å². The maximum atomic E-state index is 13.2. The zero-order chi connectivity index (χ0) is 19.6. The lowest BCUT2D eigenvalue weighted by Gasteiger charge is -2.24. The van der Waals surface area contributed by atoms with Crippen LogP contribution in [0.25, 0.3) is 0 Å². The van der Waals surface area contributed by atoms with Crippen molar-refractivity contribution in [3.8, 4) is 0 Å². The van der Waals surface area contributed by atoms with E-state index in [1.807, 2.05) is 17.0 Å². The van der Waals surface area contributed by atoms with Crippen molar-refractivity contribution in [2.45, 2.75) is 24.6 Å². The molecule has 0 aromatic heterocycles. The fourth-order valence-electron chi connectivity index (χ4n) is 3.64. The molecule has 5 nitrogen and oxygen atoms in total. The molecule has 144 valence electrons. The van der Waals surface area contributed by atoms with E-state index in [0.29, 0.717) is 18.7 Å². The van der Waals surface area contributed by atoms with Gasteiger partial charge in [-0.05, 0) is 35.4 Å². The van der Waals surface area contributed by atoms with Crippen molar-refractivity contribution in [3.05, 3.63) is 71.0 Å². The van der Waals surface area contributed by atoms with Gasteiger partial charge in [0.15, 0.2) is 0 Å². The molecule has 0 spiro atoms. The van der Waals surface area contributed by atoms with Crippen LogP contribution < -0.4 is 0 Å². The third kappa shape index (κ3) is 4.18. The summed E-state index contributed by atoms with van der Waals surface area (Å²) in [5.74, 6) is -0.547. The third-order valence-electron chi connectivity index (χ3n) is 5.18. The van der Waals surface area contributed by atoms with Gasteiger partial charge < -0.3 is 15.1 Å². The lowest BCUT2D eigenvalue weighted by atomic mass is 9.94. The molecule has 1 saturated heterocycles. The summed E-state index contributed by atoms with van der Waals surface area (Å²) in [4.78, 5) is 15.5. The molecule has 1 amide bonds. The normalized spacial score (nSPS) is 22.8. The highest BCUT2D eigenvalue weighted by Crippen LogP contribution is 2.33. The first-order valence-corrected chi connectivity index (χ1v) is 8.99. The Morgan fingerprint density at radius 3 is 2.33 bits per heavy atom. The van der Waals surface area contributed by atoms with Crippen LogP contribution in [0.4, 0.5) is 4.39 Å². The van der Waals surface area contributed by atoms with Crippen LogP contribution in [0.15, 0.2) is 48.5 Å². The molecule has 1 aliphatic heterocycles. The van der Waals surface area contributed by atoms with E-state index in [1.54, 1.807) is 38.4 Å². The Morgan fingerprint density at radius 2 is 1.78 bits per heavy atom. The van der Waals surface area contributed by atoms with E-state index in [0.717, 1.165) is 11.1 Å². The van der Waals surface area contributed by atoms with Crippen LogP contribution in [-0.2, 0) is 6.54 Å². The van der Waals surface area contributed by atoms with Gasteiger partial charge in [-0.1, -0.05) is 24.3 Å². The Hall–Kier alpha value is -2.28. The number of carbonyl (C=O) groups excluding carboxylic acids is 1. The van der Waals surface area contributed by atoms with Crippen LogP contribution in [0.1, 0.15) is 27.4 Å². The molecular weight excluding hydrogens is 347 g/mol. The fraction of sp³-hybridized carbons (Fsp3) is 0.381. The van der Waals surface area contributed by atoms with E-state index in [4.69, 9.17) is 0 Å². The standard InChI is InChI=1S/C21H25FN2O3/c1-23(2)21(27)16-5-3-14(4-6-16)11-24-12-18(20(26)19(24)13-25)15-7-9-17(22)10-8-15/h3-10,18-20,25-26H,11-13H2,1-2H3/t18-,19-,20-/m1/s1. The number of rotatable bonds is 5. The lowest BCUT2D eigenvalue weighted by molar-refractivity contribution is 0.0641. The van der Waals surface area contributed by atoms with Gasteiger partial charge in [0.2, 0.25) is 0 Å². The Kier molecular flexibility index (Phi) is 5.89. The lowest BCUT2D eigenvalue weighted by Crippen LogP contribution is -2.38. The third-order valence-corrected chi connectivity index (χ3v) is 5.18. The van der Waals surface area contributed by atoms with E-state index in [2.05, 4.69) is 0 Å². The molecule has 2 aromatic rings. The molecule has 0 bridgehead atoms. The van der Waals surface area contributed by atoms with Gasteiger partial charge in [0, 0.05) is 38.7 Å². The van der Waals surface area contributed by atoms with E-state index in [9.17, 15) is 19.4 Å². The largest absolute Gasteiger partial charge is 0.395 e. The molecule has 0 saturated carbocycles. The van der Waals surface area contributed by atoms with Crippen LogP contribution in [0.3, 0.4) is 0 Å². The number of amides is 1. The summed E-state index contributed by atoms with van der Waals surface area (Å²) >= 11 is 0. The summed E-state index contributed by atoms with van der Waals surface area (Å²) in [6.45, 7) is 0.961. The van der Waals surface area contributed by atoms with E-state index >= 15 is 0 Å². The van der Waals surface area contributed by atoms with Crippen molar-refractivity contribution >= 4 is 5.91 Å². The van der Waals surface area contributed by atoms with Gasteiger partial charge in [-0.15, -0.1) is 0 Å². The Morgan fingerprint density at radius 1 is 1.15 bits per heavy atom. The number of benzene rings is 2. The van der Waals surface area contributed by atoms with Crippen LogP contribution in [0.5, 0.6) is 0 Å². The number of hydrogen-bond donors (Lipinski definition) is 2. The Bertz CT molecular complexity index is 777. The second-order valence-corrected chi connectivity index (χ2v) is 7.22. The highest BCUT2D eigenvalue weighted by Gasteiger charge is 2.40. The van der Waals surface area contributed by atoms with Crippen molar-refractivity contribution in [3.63, 3.8) is 0 Å². The summed E-state index contributed by atoms with van der Waals surface area (Å²) in [7, 11) is 3.42. The molecule has 0 radical (unpaired) electrons. The summed E-state index contributed by atoms with van der Waals surface area (Å²) in [6.07, 6.45) is -0.727. The van der Waals surface area contributed by atoms with Gasteiger partial charge in [-0.3, -0.25) is 9.69 Å². The van der Waals surface area contributed by atoms with Gasteiger partial charge in [-0.25, -0.2) is 4.39 Å². The molecule has 0 unspecified atom stereocenters. The minimum atomic E-state index is -0.727. The second-order valence-electron chi connectivity index (χ2n) is 7.22. The minimum Gasteiger partial charge on any atom is -0.395 e. The summed E-state index contributed by atoms with van der Waals surface area (Å²) in [5, 5.41) is 20.4. The first-order chi connectivity index (χ1) is 12.9. The van der Waals surface area contributed by atoms with Crippen LogP contribution in [0.2, 0.25) is 0 Å². The van der Waals surface area contributed by atoms with Crippen molar-refractivity contribution < 1.29 is 19.4 Å². The van der Waals surface area contributed by atoms with Crippen molar-refractivity contribution in [1.29, 1.82) is 0 Å². The van der Waals surface area contributed by atoms with Crippen molar-refractivity contribution in [1.82, 2.24) is 9.80 Å². The average molecular weight is 372 g/mol. The van der Waals surface area contributed by atoms with Gasteiger partial charge in [-0.2, -0.15) is 0 Å². The van der Waals surface area contributed by atoms with Gasteiger partial charge in [0.05, 0.1) is 18.8 Å². The maximum absolute atomic E-state index is 13.2. The summed E-state index contributed by atoms with van der Waals surface area (Å²) < 4.78 is 13.2. The molecule has 3 rings (SSSR count). The minimum absolute atomic E-state index is 0.0530. The molecule has 2 aromatic carbocycles. The van der Waals surface area contributed by atoms with E-state index < -0.39 is 6.10 Å². The zero-order valence-electron chi connectivity index (χ0n) is 15.5. The van der Waals surface area contributed by atoms with Gasteiger partial charge in [0.25, 0.3) is 5.91 Å². The fourth-order valence-corrected chi connectivity index (χ4v) is 3.64. The highest BCUT2D eigenvalue weighted by molar-refractivity contribution is 5.93. The van der Waals surface area contributed by atoms with Crippen LogP contribution in [0, 0.1) is 5.82 Å². The number of hydrogen-bond acceptors (Lipinski definition) is 4. The number of aliphatic hydroxyl groups is 2. The molecule has 1 heterocycles. The smallest absolute Gasteiger partial charge is 0.253 e. The maximum Gasteiger partial charge on any atom is 0.253 e. The first kappa shape index (κ1) is 19.5. The second kappa shape index (κ2) is 8.17. The molecule has 1 aliphatic rings. The summed E-state index contributed by atoms with van der Waals surface area (Å²) in [5.41, 5.74) is 2.47. The molecule has 27 heavy (non-hydrogen) atoms. The van der Waals surface area contributed by atoms with Crippen LogP contribution >= 0.6 is 0 Å². The Labute approximate surface area is 158 Å². The zero-order valence-corrected chi connectivity index (χ0v) is 15.5.